The van der Waals surface area contributed by atoms with Crippen LogP contribution in [0.3, 0.4) is 0 Å². The summed E-state index contributed by atoms with van der Waals surface area (Å²) in [7, 11) is 2.04. The van der Waals surface area contributed by atoms with E-state index in [1.165, 1.54) is 11.6 Å². The van der Waals surface area contributed by atoms with Crippen molar-refractivity contribution in [3.63, 3.8) is 0 Å². The Morgan fingerprint density at radius 2 is 2.06 bits per heavy atom. The first-order valence-electron chi connectivity index (χ1n) is 11.1. The van der Waals surface area contributed by atoms with Gasteiger partial charge in [-0.25, -0.2) is 0 Å². The molecular formula is C25H27N7O. The predicted octanol–water partition coefficient (Wildman–Crippen LogP) is 3.27. The normalized spacial score (nSPS) is 15.9. The van der Waals surface area contributed by atoms with E-state index in [0.29, 0.717) is 25.5 Å². The number of aromatic nitrogens is 5. The van der Waals surface area contributed by atoms with Crippen molar-refractivity contribution in [2.24, 2.45) is 7.05 Å². The van der Waals surface area contributed by atoms with Gasteiger partial charge >= 0.3 is 0 Å². The molecular weight excluding hydrogens is 414 g/mol. The molecule has 3 aromatic heterocycles. The Morgan fingerprint density at radius 1 is 1.27 bits per heavy atom. The summed E-state index contributed by atoms with van der Waals surface area (Å²) >= 11 is 0. The summed E-state index contributed by atoms with van der Waals surface area (Å²) in [5, 5.41) is 13.6. The van der Waals surface area contributed by atoms with Gasteiger partial charge in [-0.15, -0.1) is 5.10 Å². The van der Waals surface area contributed by atoms with Crippen LogP contribution < -0.4 is 5.73 Å². The number of hydrogen-bond donors (Lipinski definition) is 1. The molecule has 1 saturated heterocycles. The van der Waals surface area contributed by atoms with E-state index >= 15 is 0 Å². The van der Waals surface area contributed by atoms with Crippen molar-refractivity contribution < 1.29 is 4.79 Å². The number of benzene rings is 1. The Kier molecular flexibility index (Phi) is 5.20. The topological polar surface area (TPSA) is 94.9 Å². The van der Waals surface area contributed by atoms with E-state index in [9.17, 15) is 4.79 Å². The lowest BCUT2D eigenvalue weighted by Crippen LogP contribution is -2.26. The maximum atomic E-state index is 12.2. The molecule has 4 aromatic rings. The zero-order valence-corrected chi connectivity index (χ0v) is 18.9. The lowest BCUT2D eigenvalue weighted by Gasteiger charge is -2.17. The van der Waals surface area contributed by atoms with E-state index in [1.54, 1.807) is 6.20 Å². The van der Waals surface area contributed by atoms with E-state index in [0.717, 1.165) is 39.8 Å². The van der Waals surface area contributed by atoms with Crippen LogP contribution in [0.1, 0.15) is 29.3 Å². The third kappa shape index (κ3) is 3.67. The van der Waals surface area contributed by atoms with Crippen molar-refractivity contribution in [1.82, 2.24) is 29.4 Å². The van der Waals surface area contributed by atoms with Crippen LogP contribution in [0.15, 0.2) is 55.4 Å². The minimum Gasteiger partial charge on any atom is -0.382 e. The number of carbonyl (C=O) groups is 1. The summed E-state index contributed by atoms with van der Waals surface area (Å²) < 4.78 is 4.09. The largest absolute Gasteiger partial charge is 0.382 e. The summed E-state index contributed by atoms with van der Waals surface area (Å²) in [5.74, 6) is 0.573. The highest BCUT2D eigenvalue weighted by molar-refractivity contribution is 6.04. The number of aryl methyl sites for hydroxylation is 2. The number of amides is 1. The van der Waals surface area contributed by atoms with Gasteiger partial charge in [0.2, 0.25) is 5.91 Å². The van der Waals surface area contributed by atoms with Crippen LogP contribution in [-0.2, 0) is 18.4 Å². The molecule has 0 aliphatic carbocycles. The van der Waals surface area contributed by atoms with Crippen molar-refractivity contribution in [2.75, 3.05) is 18.8 Å². The van der Waals surface area contributed by atoms with E-state index in [-0.39, 0.29) is 11.8 Å². The van der Waals surface area contributed by atoms with Gasteiger partial charge in [0.1, 0.15) is 0 Å². The standard InChI is InChI=1S/C25H27N7O/c1-4-21(33)31-11-10-19(15-31)24-22(23-20(30(24)3)13-27-28-25(23)26)18-7-5-17(6-8-18)14-32-12-9-16(2)29-32/h4-9,12-13,19H,1,10-11,14-15H2,2-3H3,(H2,26,28). The van der Waals surface area contributed by atoms with Crippen molar-refractivity contribution in [2.45, 2.75) is 25.8 Å². The van der Waals surface area contributed by atoms with E-state index in [2.05, 4.69) is 50.7 Å². The highest BCUT2D eigenvalue weighted by Crippen LogP contribution is 2.42. The molecule has 8 heteroatoms. The second-order valence-electron chi connectivity index (χ2n) is 8.63. The van der Waals surface area contributed by atoms with Crippen molar-refractivity contribution >= 4 is 22.6 Å². The van der Waals surface area contributed by atoms with Crippen molar-refractivity contribution in [3.05, 3.63) is 72.3 Å². The molecule has 1 amide bonds. The van der Waals surface area contributed by atoms with E-state index in [1.807, 2.05) is 35.8 Å². The SMILES string of the molecule is C=CC(=O)N1CCC(c2c(-c3ccc(Cn4ccc(C)n4)cc3)c3c(N)nncc3n2C)C1. The first-order chi connectivity index (χ1) is 16.0. The summed E-state index contributed by atoms with van der Waals surface area (Å²) in [6.07, 6.45) is 6.02. The highest BCUT2D eigenvalue weighted by Gasteiger charge is 2.32. The smallest absolute Gasteiger partial charge is 0.245 e. The minimum absolute atomic E-state index is 0.0288. The number of fused-ring (bicyclic) bond motifs is 1. The van der Waals surface area contributed by atoms with Gasteiger partial charge in [-0.1, -0.05) is 30.8 Å². The van der Waals surface area contributed by atoms with Gasteiger partial charge in [0.05, 0.1) is 29.3 Å². The summed E-state index contributed by atoms with van der Waals surface area (Å²) in [6, 6.07) is 10.5. The number of carbonyl (C=O) groups excluding carboxylic acids is 1. The molecule has 33 heavy (non-hydrogen) atoms. The minimum atomic E-state index is -0.0288. The predicted molar refractivity (Wildman–Crippen MR) is 129 cm³/mol. The van der Waals surface area contributed by atoms with Gasteiger partial charge in [0.15, 0.2) is 5.82 Å². The number of nitrogens with zero attached hydrogens (tertiary/aromatic N) is 6. The first kappa shape index (κ1) is 20.9. The Bertz CT molecular complexity index is 1350. The number of nitrogens with two attached hydrogens (primary N) is 1. The van der Waals surface area contributed by atoms with Crippen LogP contribution in [0.4, 0.5) is 5.82 Å². The van der Waals surface area contributed by atoms with Gasteiger partial charge in [0.25, 0.3) is 0 Å². The molecule has 1 atom stereocenters. The quantitative estimate of drug-likeness (QED) is 0.480. The van der Waals surface area contributed by atoms with E-state index in [4.69, 9.17) is 5.73 Å². The molecule has 168 valence electrons. The van der Waals surface area contributed by atoms with Gasteiger partial charge in [-0.05, 0) is 36.6 Å². The zero-order valence-electron chi connectivity index (χ0n) is 18.9. The molecule has 0 bridgehead atoms. The summed E-state index contributed by atoms with van der Waals surface area (Å²) in [6.45, 7) is 7.70. The average molecular weight is 442 g/mol. The molecule has 4 heterocycles. The number of hydrogen-bond acceptors (Lipinski definition) is 5. The average Bonchev–Trinajstić information content (AvgIpc) is 3.53. The summed E-state index contributed by atoms with van der Waals surface area (Å²) in [4.78, 5) is 14.1. The van der Waals surface area contributed by atoms with Crippen LogP contribution >= 0.6 is 0 Å². The highest BCUT2D eigenvalue weighted by atomic mass is 16.2. The lowest BCUT2D eigenvalue weighted by molar-refractivity contribution is -0.125. The molecule has 1 fully saturated rings. The molecule has 1 aromatic carbocycles. The Morgan fingerprint density at radius 3 is 2.76 bits per heavy atom. The fraction of sp³-hybridized carbons (Fsp3) is 0.280. The molecule has 8 nitrogen and oxygen atoms in total. The Labute approximate surface area is 192 Å². The van der Waals surface area contributed by atoms with Crippen molar-refractivity contribution in [1.29, 1.82) is 0 Å². The Balaban J connectivity index is 1.58. The van der Waals surface area contributed by atoms with Crippen LogP contribution in [0, 0.1) is 6.92 Å². The number of likely N-dealkylation sites (tertiary alicyclic amines) is 1. The molecule has 0 spiro atoms. The van der Waals surface area contributed by atoms with Crippen LogP contribution in [0.25, 0.3) is 22.0 Å². The first-order valence-corrected chi connectivity index (χ1v) is 11.1. The van der Waals surface area contributed by atoms with Crippen molar-refractivity contribution in [3.8, 4) is 11.1 Å². The third-order valence-electron chi connectivity index (χ3n) is 6.51. The molecule has 0 saturated carbocycles. The molecule has 1 aliphatic rings. The zero-order chi connectivity index (χ0) is 23.1. The van der Waals surface area contributed by atoms with Gasteiger partial charge in [-0.2, -0.15) is 10.2 Å². The molecule has 2 N–H and O–H groups in total. The number of nitrogen functional groups attached to an aromatic ring is 1. The maximum Gasteiger partial charge on any atom is 0.245 e. The number of rotatable bonds is 5. The van der Waals surface area contributed by atoms with Crippen LogP contribution in [0.5, 0.6) is 0 Å². The second-order valence-corrected chi connectivity index (χ2v) is 8.63. The third-order valence-corrected chi connectivity index (χ3v) is 6.51. The monoisotopic (exact) mass is 441 g/mol. The maximum absolute atomic E-state index is 12.2. The van der Waals surface area contributed by atoms with Gasteiger partial charge in [-0.3, -0.25) is 9.48 Å². The molecule has 5 rings (SSSR count). The summed E-state index contributed by atoms with van der Waals surface area (Å²) in [5.41, 5.74) is 12.7. The fourth-order valence-corrected chi connectivity index (χ4v) is 4.93. The van der Waals surface area contributed by atoms with Gasteiger partial charge < -0.3 is 15.2 Å². The van der Waals surface area contributed by atoms with E-state index < -0.39 is 0 Å². The Hall–Kier alpha value is -3.94. The van der Waals surface area contributed by atoms with Crippen LogP contribution in [0.2, 0.25) is 0 Å². The fourth-order valence-electron chi connectivity index (χ4n) is 4.93. The molecule has 1 unspecified atom stereocenters. The second kappa shape index (κ2) is 8.20. The molecule has 0 radical (unpaired) electrons. The number of anilines is 1. The van der Waals surface area contributed by atoms with Crippen LogP contribution in [-0.4, -0.2) is 48.4 Å². The molecule has 1 aliphatic heterocycles. The lowest BCUT2D eigenvalue weighted by atomic mass is 9.94. The van der Waals surface area contributed by atoms with Gasteiger partial charge in [0, 0.05) is 43.5 Å².